The maximum absolute atomic E-state index is 10.5. The van der Waals surface area contributed by atoms with Crippen molar-refractivity contribution < 1.29 is 24.9 Å². The summed E-state index contributed by atoms with van der Waals surface area (Å²) in [5.74, 6) is -2.48. The lowest BCUT2D eigenvalue weighted by Crippen LogP contribution is -2.26. The summed E-state index contributed by atoms with van der Waals surface area (Å²) in [5, 5.41) is 24.4. The SMILES string of the molecule is CCCC(O)(O)O.O=C1CCCCCO1. The summed E-state index contributed by atoms with van der Waals surface area (Å²) in [4.78, 5) is 10.5. The van der Waals surface area contributed by atoms with Crippen molar-refractivity contribution in [2.75, 3.05) is 6.61 Å². The van der Waals surface area contributed by atoms with Crippen molar-refractivity contribution in [1.82, 2.24) is 0 Å². The molecule has 0 aromatic heterocycles. The first-order valence-electron chi connectivity index (χ1n) is 5.28. The van der Waals surface area contributed by atoms with Gasteiger partial charge in [-0.1, -0.05) is 6.92 Å². The van der Waals surface area contributed by atoms with Gasteiger partial charge < -0.3 is 20.1 Å². The van der Waals surface area contributed by atoms with Crippen molar-refractivity contribution in [3.8, 4) is 0 Å². The minimum absolute atomic E-state index is 0.00694. The summed E-state index contributed by atoms with van der Waals surface area (Å²) in [5.41, 5.74) is 0. The van der Waals surface area contributed by atoms with E-state index in [1.54, 1.807) is 6.92 Å². The molecule has 5 nitrogen and oxygen atoms in total. The molecule has 0 radical (unpaired) electrons. The first-order chi connectivity index (χ1) is 6.95. The maximum Gasteiger partial charge on any atom is 0.305 e. The topological polar surface area (TPSA) is 87.0 Å². The van der Waals surface area contributed by atoms with Gasteiger partial charge in [-0.25, -0.2) is 0 Å². The Hall–Kier alpha value is -0.650. The summed E-state index contributed by atoms with van der Waals surface area (Å²) in [6.45, 7) is 2.39. The molecule has 0 amide bonds. The zero-order valence-corrected chi connectivity index (χ0v) is 9.11. The minimum Gasteiger partial charge on any atom is -0.466 e. The summed E-state index contributed by atoms with van der Waals surface area (Å²) in [7, 11) is 0. The second-order valence-electron chi connectivity index (χ2n) is 3.56. The van der Waals surface area contributed by atoms with Crippen LogP contribution in [0.1, 0.15) is 45.4 Å². The van der Waals surface area contributed by atoms with Crippen LogP contribution in [0.2, 0.25) is 0 Å². The van der Waals surface area contributed by atoms with E-state index >= 15 is 0 Å². The molecule has 0 unspecified atom stereocenters. The van der Waals surface area contributed by atoms with Crippen LogP contribution in [0.3, 0.4) is 0 Å². The Balaban J connectivity index is 0.000000265. The normalized spacial score (nSPS) is 17.2. The summed E-state index contributed by atoms with van der Waals surface area (Å²) in [6, 6.07) is 0. The monoisotopic (exact) mass is 220 g/mol. The number of rotatable bonds is 2. The second-order valence-corrected chi connectivity index (χ2v) is 3.56. The van der Waals surface area contributed by atoms with Crippen molar-refractivity contribution in [1.29, 1.82) is 0 Å². The van der Waals surface area contributed by atoms with E-state index in [9.17, 15) is 4.79 Å². The highest BCUT2D eigenvalue weighted by Gasteiger charge is 2.14. The van der Waals surface area contributed by atoms with Crippen LogP contribution in [0.25, 0.3) is 0 Å². The lowest BCUT2D eigenvalue weighted by atomic mass is 10.2. The van der Waals surface area contributed by atoms with Gasteiger partial charge in [0.05, 0.1) is 6.61 Å². The summed E-state index contributed by atoms with van der Waals surface area (Å²) >= 11 is 0. The summed E-state index contributed by atoms with van der Waals surface area (Å²) < 4.78 is 4.76. The Kier molecular flexibility index (Phi) is 7.29. The highest BCUT2D eigenvalue weighted by atomic mass is 16.7. The van der Waals surface area contributed by atoms with Crippen molar-refractivity contribution in [3.63, 3.8) is 0 Å². The van der Waals surface area contributed by atoms with Gasteiger partial charge in [0.2, 0.25) is 0 Å². The number of ether oxygens (including phenoxy) is 1. The fourth-order valence-electron chi connectivity index (χ4n) is 1.14. The van der Waals surface area contributed by atoms with E-state index in [4.69, 9.17) is 20.1 Å². The molecule has 5 heteroatoms. The van der Waals surface area contributed by atoms with Crippen LogP contribution in [-0.2, 0) is 9.53 Å². The highest BCUT2D eigenvalue weighted by Crippen LogP contribution is 2.06. The molecule has 0 bridgehead atoms. The van der Waals surface area contributed by atoms with Gasteiger partial charge in [-0.15, -0.1) is 0 Å². The molecule has 1 aliphatic rings. The predicted octanol–water partition coefficient (Wildman–Crippen LogP) is 0.521. The molecule has 0 aliphatic carbocycles. The van der Waals surface area contributed by atoms with E-state index in [2.05, 4.69) is 0 Å². The average Bonchev–Trinajstić information content (AvgIpc) is 2.31. The largest absolute Gasteiger partial charge is 0.466 e. The van der Waals surface area contributed by atoms with E-state index in [1.165, 1.54) is 0 Å². The predicted molar refractivity (Wildman–Crippen MR) is 53.7 cm³/mol. The van der Waals surface area contributed by atoms with Crippen molar-refractivity contribution >= 4 is 5.97 Å². The van der Waals surface area contributed by atoms with Crippen LogP contribution in [0.15, 0.2) is 0 Å². The van der Waals surface area contributed by atoms with Crippen LogP contribution < -0.4 is 0 Å². The van der Waals surface area contributed by atoms with E-state index in [1.807, 2.05) is 0 Å². The van der Waals surface area contributed by atoms with Crippen LogP contribution in [0.4, 0.5) is 0 Å². The van der Waals surface area contributed by atoms with Gasteiger partial charge in [0, 0.05) is 12.8 Å². The van der Waals surface area contributed by atoms with Crippen molar-refractivity contribution in [2.24, 2.45) is 0 Å². The van der Waals surface area contributed by atoms with Gasteiger partial charge in [0.15, 0.2) is 0 Å². The van der Waals surface area contributed by atoms with Gasteiger partial charge in [-0.05, 0) is 25.7 Å². The fraction of sp³-hybridized carbons (Fsp3) is 0.900. The molecule has 0 spiro atoms. The molecule has 1 aliphatic heterocycles. The molecule has 90 valence electrons. The molecule has 0 saturated carbocycles. The number of carbonyl (C=O) groups excluding carboxylic acids is 1. The van der Waals surface area contributed by atoms with E-state index in [0.29, 0.717) is 19.4 Å². The first-order valence-corrected chi connectivity index (χ1v) is 5.28. The molecule has 0 aromatic rings. The van der Waals surface area contributed by atoms with Gasteiger partial charge in [-0.2, -0.15) is 0 Å². The number of carbonyl (C=O) groups is 1. The Morgan fingerprint density at radius 1 is 1.27 bits per heavy atom. The van der Waals surface area contributed by atoms with Gasteiger partial charge in [-0.3, -0.25) is 4.79 Å². The van der Waals surface area contributed by atoms with Crippen molar-refractivity contribution in [3.05, 3.63) is 0 Å². The lowest BCUT2D eigenvalue weighted by Gasteiger charge is -2.10. The molecule has 1 rings (SSSR count). The molecule has 1 fully saturated rings. The Morgan fingerprint density at radius 2 is 1.93 bits per heavy atom. The van der Waals surface area contributed by atoms with Gasteiger partial charge >= 0.3 is 5.97 Å². The minimum atomic E-state index is -2.45. The Bertz CT molecular complexity index is 163. The third-order valence-electron chi connectivity index (χ3n) is 1.87. The van der Waals surface area contributed by atoms with E-state index < -0.39 is 5.97 Å². The maximum atomic E-state index is 10.5. The molecule has 1 heterocycles. The number of aliphatic hydroxyl groups is 3. The van der Waals surface area contributed by atoms with Crippen molar-refractivity contribution in [2.45, 2.75) is 51.4 Å². The van der Waals surface area contributed by atoms with E-state index in [0.717, 1.165) is 19.3 Å². The third kappa shape index (κ3) is 11.3. The quantitative estimate of drug-likeness (QED) is 0.466. The lowest BCUT2D eigenvalue weighted by molar-refractivity contribution is -0.314. The first kappa shape index (κ1) is 14.3. The molecule has 15 heavy (non-hydrogen) atoms. The van der Waals surface area contributed by atoms with Crippen LogP contribution in [-0.4, -0.2) is 33.9 Å². The molecule has 3 N–H and O–H groups in total. The molecule has 0 aromatic carbocycles. The third-order valence-corrected chi connectivity index (χ3v) is 1.87. The average molecular weight is 220 g/mol. The number of hydrogen-bond donors (Lipinski definition) is 3. The molecular weight excluding hydrogens is 200 g/mol. The number of cyclic esters (lactones) is 1. The zero-order chi connectivity index (χ0) is 11.7. The van der Waals surface area contributed by atoms with E-state index in [-0.39, 0.29) is 12.4 Å². The molecule has 0 atom stereocenters. The Labute approximate surface area is 89.7 Å². The van der Waals surface area contributed by atoms with Crippen LogP contribution in [0.5, 0.6) is 0 Å². The van der Waals surface area contributed by atoms with Crippen LogP contribution >= 0.6 is 0 Å². The molecule has 1 saturated heterocycles. The number of hydrogen-bond acceptors (Lipinski definition) is 5. The standard InChI is InChI=1S/C6H10O2.C4H10O3/c7-6-4-2-1-3-5-8-6;1-2-3-4(5,6)7/h1-5H2;5-7H,2-3H2,1H3. The highest BCUT2D eigenvalue weighted by molar-refractivity contribution is 5.69. The second kappa shape index (κ2) is 7.62. The fourth-order valence-corrected chi connectivity index (χ4v) is 1.14. The van der Waals surface area contributed by atoms with Gasteiger partial charge in [0.1, 0.15) is 0 Å². The zero-order valence-electron chi connectivity index (χ0n) is 9.11. The van der Waals surface area contributed by atoms with Crippen LogP contribution in [0, 0.1) is 0 Å². The van der Waals surface area contributed by atoms with Gasteiger partial charge in [0.25, 0.3) is 5.97 Å². The number of esters is 1. The summed E-state index contributed by atoms with van der Waals surface area (Å²) in [6.07, 6.45) is 4.40. The molecular formula is C10H20O5. The Morgan fingerprint density at radius 3 is 2.40 bits per heavy atom. The smallest absolute Gasteiger partial charge is 0.305 e.